The van der Waals surface area contributed by atoms with E-state index in [0.717, 1.165) is 43.8 Å². The average Bonchev–Trinajstić information content (AvgIpc) is 3.71. The van der Waals surface area contributed by atoms with E-state index in [4.69, 9.17) is 11.6 Å². The van der Waals surface area contributed by atoms with Crippen molar-refractivity contribution in [3.63, 3.8) is 0 Å². The van der Waals surface area contributed by atoms with Crippen molar-refractivity contribution in [2.75, 3.05) is 12.8 Å². The van der Waals surface area contributed by atoms with Gasteiger partial charge in [0.15, 0.2) is 9.84 Å². The molecule has 34 heavy (non-hydrogen) atoms. The highest BCUT2D eigenvalue weighted by Crippen LogP contribution is 2.50. The van der Waals surface area contributed by atoms with Gasteiger partial charge in [-0.3, -0.25) is 14.6 Å². The fraction of sp³-hybridized carbons (Fsp3) is 0.435. The molecule has 1 aliphatic heterocycles. The highest BCUT2D eigenvalue weighted by atomic mass is 35.5. The van der Waals surface area contributed by atoms with Crippen LogP contribution in [0.2, 0.25) is 5.02 Å². The maximum absolute atomic E-state index is 14.6. The Labute approximate surface area is 200 Å². The van der Waals surface area contributed by atoms with Gasteiger partial charge in [0.05, 0.1) is 21.5 Å². The van der Waals surface area contributed by atoms with Crippen LogP contribution in [0.25, 0.3) is 0 Å². The summed E-state index contributed by atoms with van der Waals surface area (Å²) in [7, 11) is -3.56. The largest absolute Gasteiger partial charge is 0.347 e. The van der Waals surface area contributed by atoms with Crippen LogP contribution in [0.4, 0.5) is 8.78 Å². The summed E-state index contributed by atoms with van der Waals surface area (Å²) in [5.41, 5.74) is 0.109. The molecule has 2 amide bonds. The number of aromatic nitrogens is 1. The van der Waals surface area contributed by atoms with Crippen LogP contribution >= 0.6 is 11.6 Å². The second-order valence-electron chi connectivity index (χ2n) is 9.35. The van der Waals surface area contributed by atoms with E-state index in [1.54, 1.807) is 0 Å². The van der Waals surface area contributed by atoms with Crippen molar-refractivity contribution in [1.82, 2.24) is 15.2 Å². The number of halogens is 3. The molecule has 3 fully saturated rings. The van der Waals surface area contributed by atoms with Gasteiger partial charge in [-0.05, 0) is 55.2 Å². The van der Waals surface area contributed by atoms with Crippen LogP contribution in [0.5, 0.6) is 0 Å². The summed E-state index contributed by atoms with van der Waals surface area (Å²) in [5, 5.41) is 2.53. The number of hydrogen-bond acceptors (Lipinski definition) is 5. The lowest BCUT2D eigenvalue weighted by molar-refractivity contribution is -0.126. The van der Waals surface area contributed by atoms with Gasteiger partial charge in [0.2, 0.25) is 5.91 Å². The number of fused-ring (bicyclic) bond motifs is 1. The van der Waals surface area contributed by atoms with Gasteiger partial charge in [-0.15, -0.1) is 0 Å². The molecule has 5 rings (SSSR count). The number of carbonyl (C=O) groups is 2. The lowest BCUT2D eigenvalue weighted by Gasteiger charge is -2.29. The molecule has 0 unspecified atom stereocenters. The quantitative estimate of drug-likeness (QED) is 0.603. The van der Waals surface area contributed by atoms with Crippen molar-refractivity contribution < 1.29 is 26.8 Å². The first-order valence-corrected chi connectivity index (χ1v) is 13.2. The van der Waals surface area contributed by atoms with Crippen molar-refractivity contribution in [2.45, 2.75) is 36.2 Å². The van der Waals surface area contributed by atoms with Gasteiger partial charge in [0.25, 0.3) is 5.91 Å². The zero-order valence-corrected chi connectivity index (χ0v) is 19.7. The molecule has 11 heteroatoms. The molecule has 2 aliphatic carbocycles. The minimum absolute atomic E-state index is 0.0262. The van der Waals surface area contributed by atoms with Gasteiger partial charge in [-0.25, -0.2) is 17.2 Å². The topological polar surface area (TPSA) is 96.4 Å². The Balaban J connectivity index is 1.40. The van der Waals surface area contributed by atoms with Crippen molar-refractivity contribution >= 4 is 33.3 Å². The zero-order valence-electron chi connectivity index (χ0n) is 18.2. The first-order chi connectivity index (χ1) is 16.0. The third kappa shape index (κ3) is 4.29. The molecule has 3 aliphatic rings. The minimum Gasteiger partial charge on any atom is -0.347 e. The molecule has 0 bridgehead atoms. The molecule has 7 nitrogen and oxygen atoms in total. The van der Waals surface area contributed by atoms with Crippen LogP contribution in [0.15, 0.2) is 35.5 Å². The van der Waals surface area contributed by atoms with E-state index in [0.29, 0.717) is 6.54 Å². The van der Waals surface area contributed by atoms with Crippen LogP contribution in [-0.4, -0.2) is 49.0 Å². The molecule has 4 atom stereocenters. The van der Waals surface area contributed by atoms with E-state index < -0.39 is 45.4 Å². The van der Waals surface area contributed by atoms with Crippen LogP contribution in [-0.2, 0) is 14.6 Å². The smallest absolute Gasteiger partial charge is 0.256 e. The summed E-state index contributed by atoms with van der Waals surface area (Å²) in [6.07, 6.45) is 5.78. The average molecular weight is 510 g/mol. The standard InChI is InChI=1S/C23H22ClF2N3O4S/c1-34(32,33)14-4-12(8-27-9-14)23(31)29-10-13-5-15(13)21(29)22(30)28-20(11-2-3-11)16-6-19(26)17(24)7-18(16)25/h4,6-9,11,13,15,20-21H,2-3,5,10H2,1H3,(H,28,30)/t13-,15-,20-,21-/m1/s1. The number of sulfone groups is 1. The maximum atomic E-state index is 14.6. The van der Waals surface area contributed by atoms with E-state index >= 15 is 0 Å². The van der Waals surface area contributed by atoms with Gasteiger partial charge >= 0.3 is 0 Å². The van der Waals surface area contributed by atoms with Gasteiger partial charge in [-0.1, -0.05) is 11.6 Å². The molecule has 0 radical (unpaired) electrons. The van der Waals surface area contributed by atoms with E-state index in [2.05, 4.69) is 10.3 Å². The number of benzene rings is 1. The zero-order chi connectivity index (χ0) is 24.4. The van der Waals surface area contributed by atoms with Crippen LogP contribution in [0, 0.1) is 29.4 Å². The van der Waals surface area contributed by atoms with Crippen LogP contribution in [0.1, 0.15) is 41.2 Å². The lowest BCUT2D eigenvalue weighted by Crippen LogP contribution is -2.49. The molecule has 0 spiro atoms. The highest BCUT2D eigenvalue weighted by molar-refractivity contribution is 7.90. The van der Waals surface area contributed by atoms with Crippen LogP contribution in [0.3, 0.4) is 0 Å². The molecule has 1 aromatic carbocycles. The number of nitrogens with one attached hydrogen (secondary N) is 1. The van der Waals surface area contributed by atoms with Crippen molar-refractivity contribution in [2.24, 2.45) is 17.8 Å². The number of likely N-dealkylation sites (tertiary alicyclic amines) is 1. The predicted molar refractivity (Wildman–Crippen MR) is 119 cm³/mol. The SMILES string of the molecule is CS(=O)(=O)c1cncc(C(=O)N2C[C@H]3C[C@H]3[C@@H]2C(=O)N[C@@H](c2cc(F)c(Cl)cc2F)C2CC2)c1. The van der Waals surface area contributed by atoms with Crippen molar-refractivity contribution in [3.8, 4) is 0 Å². The number of rotatable bonds is 6. The Morgan fingerprint density at radius 2 is 1.91 bits per heavy atom. The Morgan fingerprint density at radius 1 is 1.18 bits per heavy atom. The number of nitrogens with zero attached hydrogens (tertiary/aromatic N) is 2. The summed E-state index contributed by atoms with van der Waals surface area (Å²) >= 11 is 5.68. The lowest BCUT2D eigenvalue weighted by atomic mass is 10.00. The molecule has 2 heterocycles. The van der Waals surface area contributed by atoms with Crippen molar-refractivity contribution in [1.29, 1.82) is 0 Å². The van der Waals surface area contributed by atoms with Gasteiger partial charge in [0.1, 0.15) is 17.7 Å². The molecule has 2 saturated carbocycles. The fourth-order valence-electron chi connectivity index (χ4n) is 4.81. The Bertz CT molecular complexity index is 1300. The second-order valence-corrected chi connectivity index (χ2v) is 11.8. The van der Waals surface area contributed by atoms with Crippen LogP contribution < -0.4 is 5.32 Å². The Hall–Kier alpha value is -2.59. The van der Waals surface area contributed by atoms with Crippen molar-refractivity contribution in [3.05, 3.63) is 58.4 Å². The predicted octanol–water partition coefficient (Wildman–Crippen LogP) is 3.14. The second kappa shape index (κ2) is 8.27. The summed E-state index contributed by atoms with van der Waals surface area (Å²) in [5.74, 6) is -2.27. The number of amides is 2. The van der Waals surface area contributed by atoms with Gasteiger partial charge in [0, 0.05) is 30.8 Å². The third-order valence-electron chi connectivity index (χ3n) is 6.83. The van der Waals surface area contributed by atoms with E-state index in [-0.39, 0.29) is 38.8 Å². The van der Waals surface area contributed by atoms with E-state index in [1.807, 2.05) is 0 Å². The number of pyridine rings is 1. The summed E-state index contributed by atoms with van der Waals surface area (Å²) in [4.78, 5) is 31.8. The maximum Gasteiger partial charge on any atom is 0.256 e. The van der Waals surface area contributed by atoms with Gasteiger partial charge in [-0.2, -0.15) is 0 Å². The highest BCUT2D eigenvalue weighted by Gasteiger charge is 2.57. The normalized spacial score (nSPS) is 24.5. The minimum atomic E-state index is -3.56. The first kappa shape index (κ1) is 23.2. The molecule has 2 aromatic rings. The summed E-state index contributed by atoms with van der Waals surface area (Å²) in [6.45, 7) is 0.364. The first-order valence-electron chi connectivity index (χ1n) is 11.0. The summed E-state index contributed by atoms with van der Waals surface area (Å²) in [6, 6.07) is 1.66. The fourth-order valence-corrected chi connectivity index (χ4v) is 5.55. The molecular formula is C23H22ClF2N3O4S. The van der Waals surface area contributed by atoms with E-state index in [1.165, 1.54) is 17.2 Å². The number of carbonyl (C=O) groups excluding carboxylic acids is 2. The molecule has 1 aromatic heterocycles. The number of hydrogen-bond donors (Lipinski definition) is 1. The Morgan fingerprint density at radius 3 is 2.59 bits per heavy atom. The Kier molecular flexibility index (Phi) is 5.63. The third-order valence-corrected chi connectivity index (χ3v) is 8.20. The molecule has 1 N–H and O–H groups in total. The molecule has 180 valence electrons. The number of piperidine rings is 1. The monoisotopic (exact) mass is 509 g/mol. The molecular weight excluding hydrogens is 488 g/mol. The van der Waals surface area contributed by atoms with Gasteiger partial charge < -0.3 is 10.2 Å². The summed E-state index contributed by atoms with van der Waals surface area (Å²) < 4.78 is 52.4. The van der Waals surface area contributed by atoms with E-state index in [9.17, 15) is 26.8 Å². The molecule has 1 saturated heterocycles.